The summed E-state index contributed by atoms with van der Waals surface area (Å²) in [5, 5.41) is 0. The molecule has 60 valence electrons. The van der Waals surface area contributed by atoms with Crippen LogP contribution in [0.25, 0.3) is 0 Å². The predicted molar refractivity (Wildman–Crippen MR) is 41.3 cm³/mol. The van der Waals surface area contributed by atoms with Crippen LogP contribution in [-0.2, 0) is 0 Å². The van der Waals surface area contributed by atoms with Crippen LogP contribution in [-0.4, -0.2) is 36.6 Å². The number of halogens is 2. The Bertz CT molecular complexity index is 97.6. The van der Waals surface area contributed by atoms with Gasteiger partial charge in [0.1, 0.15) is 6.17 Å². The Morgan fingerprint density at radius 3 is 3.00 bits per heavy atom. The molecule has 0 saturated carbocycles. The van der Waals surface area contributed by atoms with Crippen LogP contribution in [0.5, 0.6) is 0 Å². The Balaban J connectivity index is 2.18. The molecule has 1 nitrogen and oxygen atoms in total. The topological polar surface area (TPSA) is 3.24 Å². The van der Waals surface area contributed by atoms with Crippen molar-refractivity contribution in [2.75, 3.05) is 25.5 Å². The highest BCUT2D eigenvalue weighted by atomic mass is 35.5. The molecule has 1 aliphatic rings. The molecule has 0 aromatic heterocycles. The standard InChI is InChI=1S/C7H13ClFN/c8-3-5-10-4-1-2-7(9)6-10/h7H,1-6H2. The van der Waals surface area contributed by atoms with E-state index in [4.69, 9.17) is 11.6 Å². The van der Waals surface area contributed by atoms with Crippen molar-refractivity contribution in [2.24, 2.45) is 0 Å². The van der Waals surface area contributed by atoms with E-state index in [9.17, 15) is 4.39 Å². The van der Waals surface area contributed by atoms with Crippen molar-refractivity contribution in [3.8, 4) is 0 Å². The smallest absolute Gasteiger partial charge is 0.113 e. The van der Waals surface area contributed by atoms with Gasteiger partial charge >= 0.3 is 0 Å². The van der Waals surface area contributed by atoms with Gasteiger partial charge in [0.25, 0.3) is 0 Å². The second-order valence-electron chi connectivity index (χ2n) is 2.73. The van der Waals surface area contributed by atoms with Gasteiger partial charge in [0.2, 0.25) is 0 Å². The third-order valence-electron chi connectivity index (χ3n) is 1.85. The zero-order valence-electron chi connectivity index (χ0n) is 6.02. The van der Waals surface area contributed by atoms with Gasteiger partial charge in [-0.3, -0.25) is 4.90 Å². The molecule has 1 rings (SSSR count). The highest BCUT2D eigenvalue weighted by molar-refractivity contribution is 6.18. The lowest BCUT2D eigenvalue weighted by Gasteiger charge is -2.27. The zero-order valence-corrected chi connectivity index (χ0v) is 6.78. The third kappa shape index (κ3) is 2.43. The minimum absolute atomic E-state index is 0.590. The minimum Gasteiger partial charge on any atom is -0.299 e. The summed E-state index contributed by atoms with van der Waals surface area (Å²) in [4.78, 5) is 2.08. The zero-order chi connectivity index (χ0) is 7.40. The van der Waals surface area contributed by atoms with E-state index < -0.39 is 6.17 Å². The first kappa shape index (κ1) is 8.28. The maximum Gasteiger partial charge on any atom is 0.113 e. The summed E-state index contributed by atoms with van der Waals surface area (Å²) < 4.78 is 12.7. The predicted octanol–water partition coefficient (Wildman–Crippen LogP) is 1.66. The first-order valence-electron chi connectivity index (χ1n) is 3.75. The van der Waals surface area contributed by atoms with E-state index in [0.29, 0.717) is 12.4 Å². The lowest BCUT2D eigenvalue weighted by Crippen LogP contribution is -2.37. The summed E-state index contributed by atoms with van der Waals surface area (Å²) in [7, 11) is 0. The average Bonchev–Trinajstić information content (AvgIpc) is 1.88. The molecule has 1 fully saturated rings. The van der Waals surface area contributed by atoms with Gasteiger partial charge in [0.15, 0.2) is 0 Å². The summed E-state index contributed by atoms with van der Waals surface area (Å²) >= 11 is 5.52. The number of hydrogen-bond donors (Lipinski definition) is 0. The number of nitrogens with zero attached hydrogens (tertiary/aromatic N) is 1. The molecule has 0 spiro atoms. The second-order valence-corrected chi connectivity index (χ2v) is 3.11. The Kier molecular flexibility index (Phi) is 3.43. The molecule has 0 bridgehead atoms. The highest BCUT2D eigenvalue weighted by Gasteiger charge is 2.17. The molecule has 1 atom stereocenters. The first-order chi connectivity index (χ1) is 4.83. The third-order valence-corrected chi connectivity index (χ3v) is 2.02. The molecule has 1 unspecified atom stereocenters. The molecule has 1 saturated heterocycles. The van der Waals surface area contributed by atoms with E-state index >= 15 is 0 Å². The summed E-state index contributed by atoms with van der Waals surface area (Å²) in [5.41, 5.74) is 0. The van der Waals surface area contributed by atoms with E-state index in [2.05, 4.69) is 4.90 Å². The van der Waals surface area contributed by atoms with E-state index in [0.717, 1.165) is 25.9 Å². The van der Waals surface area contributed by atoms with Gasteiger partial charge in [0.05, 0.1) is 0 Å². The first-order valence-corrected chi connectivity index (χ1v) is 4.29. The lowest BCUT2D eigenvalue weighted by molar-refractivity contribution is 0.145. The van der Waals surface area contributed by atoms with Gasteiger partial charge in [-0.25, -0.2) is 4.39 Å². The summed E-state index contributed by atoms with van der Waals surface area (Å²) in [6.45, 7) is 2.45. The largest absolute Gasteiger partial charge is 0.299 e. The molecule has 3 heteroatoms. The summed E-state index contributed by atoms with van der Waals surface area (Å²) in [6.07, 6.45) is 1.11. The fourth-order valence-corrected chi connectivity index (χ4v) is 1.56. The Morgan fingerprint density at radius 1 is 1.60 bits per heavy atom. The fourth-order valence-electron chi connectivity index (χ4n) is 1.32. The van der Waals surface area contributed by atoms with E-state index in [1.807, 2.05) is 0 Å². The van der Waals surface area contributed by atoms with Crippen LogP contribution in [0.3, 0.4) is 0 Å². The fraction of sp³-hybridized carbons (Fsp3) is 1.00. The Hall–Kier alpha value is 0.180. The molecule has 0 N–H and O–H groups in total. The van der Waals surface area contributed by atoms with Crippen LogP contribution in [0.15, 0.2) is 0 Å². The van der Waals surface area contributed by atoms with Gasteiger partial charge in [-0.2, -0.15) is 0 Å². The van der Waals surface area contributed by atoms with Gasteiger partial charge in [0, 0.05) is 19.0 Å². The van der Waals surface area contributed by atoms with Gasteiger partial charge in [-0.05, 0) is 19.4 Å². The molecule has 0 aliphatic carbocycles. The van der Waals surface area contributed by atoms with Crippen molar-refractivity contribution in [2.45, 2.75) is 19.0 Å². The summed E-state index contributed by atoms with van der Waals surface area (Å²) in [6, 6.07) is 0. The Morgan fingerprint density at radius 2 is 2.40 bits per heavy atom. The number of rotatable bonds is 2. The average molecular weight is 166 g/mol. The maximum absolute atomic E-state index is 12.7. The molecule has 1 heterocycles. The molecular formula is C7H13ClFN. The molecule has 1 aliphatic heterocycles. The second kappa shape index (κ2) is 4.14. The SMILES string of the molecule is FC1CCCN(CCCl)C1. The van der Waals surface area contributed by atoms with Crippen LogP contribution in [0.4, 0.5) is 4.39 Å². The Labute approximate surface area is 66.2 Å². The van der Waals surface area contributed by atoms with Crippen LogP contribution in [0.1, 0.15) is 12.8 Å². The number of piperidine rings is 1. The van der Waals surface area contributed by atoms with Crippen LogP contribution < -0.4 is 0 Å². The van der Waals surface area contributed by atoms with Gasteiger partial charge in [-0.15, -0.1) is 11.6 Å². The molecular weight excluding hydrogens is 153 g/mol. The molecule has 10 heavy (non-hydrogen) atoms. The molecule has 0 radical (unpaired) electrons. The number of alkyl halides is 2. The summed E-state index contributed by atoms with van der Waals surface area (Å²) in [5.74, 6) is 0.618. The monoisotopic (exact) mass is 165 g/mol. The van der Waals surface area contributed by atoms with Crippen molar-refractivity contribution in [3.05, 3.63) is 0 Å². The molecule has 0 aromatic rings. The maximum atomic E-state index is 12.7. The highest BCUT2D eigenvalue weighted by Crippen LogP contribution is 2.12. The van der Waals surface area contributed by atoms with Crippen molar-refractivity contribution in [1.29, 1.82) is 0 Å². The van der Waals surface area contributed by atoms with Crippen LogP contribution in [0, 0.1) is 0 Å². The lowest BCUT2D eigenvalue weighted by atomic mass is 10.1. The van der Waals surface area contributed by atoms with Crippen LogP contribution in [0.2, 0.25) is 0 Å². The number of likely N-dealkylation sites (tertiary alicyclic amines) is 1. The number of hydrogen-bond acceptors (Lipinski definition) is 1. The molecule has 0 amide bonds. The molecule has 0 aromatic carbocycles. The van der Waals surface area contributed by atoms with Crippen molar-refractivity contribution >= 4 is 11.6 Å². The van der Waals surface area contributed by atoms with Crippen molar-refractivity contribution in [1.82, 2.24) is 4.90 Å². The normalized spacial score (nSPS) is 28.8. The van der Waals surface area contributed by atoms with E-state index in [1.54, 1.807) is 0 Å². The van der Waals surface area contributed by atoms with Gasteiger partial charge < -0.3 is 0 Å². The minimum atomic E-state index is -0.614. The quantitative estimate of drug-likeness (QED) is 0.563. The van der Waals surface area contributed by atoms with E-state index in [-0.39, 0.29) is 0 Å². The van der Waals surface area contributed by atoms with Crippen molar-refractivity contribution in [3.63, 3.8) is 0 Å². The van der Waals surface area contributed by atoms with Crippen molar-refractivity contribution < 1.29 is 4.39 Å². The van der Waals surface area contributed by atoms with Gasteiger partial charge in [-0.1, -0.05) is 0 Å². The van der Waals surface area contributed by atoms with Crippen LogP contribution >= 0.6 is 11.6 Å². The van der Waals surface area contributed by atoms with E-state index in [1.165, 1.54) is 0 Å².